The summed E-state index contributed by atoms with van der Waals surface area (Å²) in [4.78, 5) is 39.4. The number of carbonyl (C=O) groups excluding carboxylic acids is 3. The lowest BCUT2D eigenvalue weighted by atomic mass is 10.1. The number of nitrogens with one attached hydrogen (secondary N) is 1. The fraction of sp³-hybridized carbons (Fsp3) is 0.207. The van der Waals surface area contributed by atoms with E-state index in [0.29, 0.717) is 36.0 Å². The van der Waals surface area contributed by atoms with Crippen LogP contribution in [0.3, 0.4) is 0 Å². The Labute approximate surface area is 229 Å². The van der Waals surface area contributed by atoms with Crippen LogP contribution in [0, 0.1) is 10.5 Å². The zero-order chi connectivity index (χ0) is 26.5. The molecule has 0 bridgehead atoms. The molecule has 7 nitrogen and oxygen atoms in total. The van der Waals surface area contributed by atoms with E-state index in [1.807, 2.05) is 57.2 Å². The van der Waals surface area contributed by atoms with Crippen molar-refractivity contribution >= 4 is 52.2 Å². The lowest BCUT2D eigenvalue weighted by Gasteiger charge is -2.26. The Morgan fingerprint density at radius 2 is 1.59 bits per heavy atom. The van der Waals surface area contributed by atoms with Crippen molar-refractivity contribution in [3.8, 4) is 11.5 Å². The largest absolute Gasteiger partial charge is 0.490 e. The second-order valence-corrected chi connectivity index (χ2v) is 9.68. The summed E-state index contributed by atoms with van der Waals surface area (Å²) in [5.74, 6) is -0.354. The molecule has 1 saturated heterocycles. The highest BCUT2D eigenvalue weighted by Crippen LogP contribution is 2.36. The van der Waals surface area contributed by atoms with Crippen molar-refractivity contribution in [3.05, 3.63) is 92.1 Å². The van der Waals surface area contributed by atoms with Crippen molar-refractivity contribution in [2.75, 3.05) is 11.5 Å². The van der Waals surface area contributed by atoms with Gasteiger partial charge >= 0.3 is 6.03 Å². The first-order valence-corrected chi connectivity index (χ1v) is 13.0. The minimum absolute atomic E-state index is 0.147. The Morgan fingerprint density at radius 1 is 0.919 bits per heavy atom. The number of benzene rings is 3. The topological polar surface area (TPSA) is 84.9 Å². The number of hydrogen-bond donors (Lipinski definition) is 1. The van der Waals surface area contributed by atoms with Crippen molar-refractivity contribution < 1.29 is 23.9 Å². The molecule has 0 radical (unpaired) electrons. The van der Waals surface area contributed by atoms with Gasteiger partial charge in [0.2, 0.25) is 0 Å². The molecule has 4 rings (SSSR count). The summed E-state index contributed by atoms with van der Waals surface area (Å²) in [7, 11) is 0. The minimum Gasteiger partial charge on any atom is -0.490 e. The van der Waals surface area contributed by atoms with Crippen molar-refractivity contribution in [2.45, 2.75) is 33.8 Å². The molecule has 190 valence electrons. The molecule has 37 heavy (non-hydrogen) atoms. The van der Waals surface area contributed by atoms with Gasteiger partial charge in [0.25, 0.3) is 11.8 Å². The van der Waals surface area contributed by atoms with Gasteiger partial charge in [-0.15, -0.1) is 0 Å². The Morgan fingerprint density at radius 3 is 2.24 bits per heavy atom. The van der Waals surface area contributed by atoms with E-state index in [2.05, 4.69) is 27.9 Å². The Kier molecular flexibility index (Phi) is 8.27. The van der Waals surface area contributed by atoms with Gasteiger partial charge in [0.05, 0.1) is 15.9 Å². The second kappa shape index (κ2) is 11.6. The van der Waals surface area contributed by atoms with Crippen molar-refractivity contribution in [1.82, 2.24) is 5.32 Å². The number of anilines is 1. The van der Waals surface area contributed by atoms with Crippen LogP contribution in [0.15, 0.2) is 66.2 Å². The smallest absolute Gasteiger partial charge is 0.335 e. The lowest BCUT2D eigenvalue weighted by molar-refractivity contribution is -0.122. The van der Waals surface area contributed by atoms with Gasteiger partial charge < -0.3 is 9.47 Å². The molecule has 1 N–H and O–H groups in total. The number of carbonyl (C=O) groups is 3. The van der Waals surface area contributed by atoms with Gasteiger partial charge in [-0.05, 0) is 89.9 Å². The number of ether oxygens (including phenoxy) is 2. The number of nitrogens with zero attached hydrogens (tertiary/aromatic N) is 1. The standard InChI is InChI=1S/C29H27IN2O5/c1-4-19-10-12-22(13-11-19)32-28(34)23(27(33)31-29(32)35)14-21-15-24(30)26(25(16-21)36-5-2)37-17-20-8-6-18(3)7-9-20/h6-16H,4-5,17H2,1-3H3,(H,31,33,35)/b23-14-. The van der Waals surface area contributed by atoms with E-state index in [4.69, 9.17) is 9.47 Å². The van der Waals surface area contributed by atoms with Crippen LogP contribution in [0.4, 0.5) is 10.5 Å². The Hall–Kier alpha value is -3.66. The minimum atomic E-state index is -0.777. The first kappa shape index (κ1) is 26.4. The molecule has 8 heteroatoms. The van der Waals surface area contributed by atoms with Gasteiger partial charge in [-0.1, -0.05) is 48.9 Å². The average molecular weight is 610 g/mol. The molecule has 3 aromatic carbocycles. The fourth-order valence-electron chi connectivity index (χ4n) is 3.85. The molecule has 0 atom stereocenters. The third kappa shape index (κ3) is 6.02. The maximum Gasteiger partial charge on any atom is 0.335 e. The highest BCUT2D eigenvalue weighted by Gasteiger charge is 2.36. The van der Waals surface area contributed by atoms with Crippen LogP contribution in [-0.4, -0.2) is 24.5 Å². The molecular formula is C29H27IN2O5. The molecule has 1 aliphatic rings. The molecule has 1 aliphatic heterocycles. The van der Waals surface area contributed by atoms with Crippen LogP contribution in [0.2, 0.25) is 0 Å². The van der Waals surface area contributed by atoms with E-state index in [9.17, 15) is 14.4 Å². The predicted molar refractivity (Wildman–Crippen MR) is 151 cm³/mol. The van der Waals surface area contributed by atoms with Gasteiger partial charge in [0, 0.05) is 0 Å². The zero-order valence-electron chi connectivity index (χ0n) is 20.8. The van der Waals surface area contributed by atoms with Gasteiger partial charge in [0.1, 0.15) is 12.2 Å². The Bertz CT molecular complexity index is 1360. The van der Waals surface area contributed by atoms with Crippen LogP contribution in [0.25, 0.3) is 6.08 Å². The molecule has 0 unspecified atom stereocenters. The number of aryl methyl sites for hydroxylation is 2. The van der Waals surface area contributed by atoms with Gasteiger partial charge in [-0.2, -0.15) is 0 Å². The summed E-state index contributed by atoms with van der Waals surface area (Å²) < 4.78 is 12.7. The first-order chi connectivity index (χ1) is 17.8. The monoisotopic (exact) mass is 610 g/mol. The van der Waals surface area contributed by atoms with Crippen molar-refractivity contribution in [3.63, 3.8) is 0 Å². The van der Waals surface area contributed by atoms with E-state index in [1.54, 1.807) is 24.3 Å². The summed E-state index contributed by atoms with van der Waals surface area (Å²) in [6.45, 7) is 6.69. The normalized spacial score (nSPS) is 14.6. The van der Waals surface area contributed by atoms with Crippen molar-refractivity contribution in [2.24, 2.45) is 0 Å². The number of rotatable bonds is 8. The second-order valence-electron chi connectivity index (χ2n) is 8.52. The van der Waals surface area contributed by atoms with Gasteiger partial charge in [0.15, 0.2) is 11.5 Å². The van der Waals surface area contributed by atoms with E-state index < -0.39 is 17.8 Å². The maximum atomic E-state index is 13.3. The summed E-state index contributed by atoms with van der Waals surface area (Å²) in [5, 5.41) is 2.27. The van der Waals surface area contributed by atoms with E-state index in [-0.39, 0.29) is 5.57 Å². The Balaban J connectivity index is 1.64. The zero-order valence-corrected chi connectivity index (χ0v) is 23.0. The molecule has 1 heterocycles. The third-order valence-electron chi connectivity index (χ3n) is 5.85. The van der Waals surface area contributed by atoms with Gasteiger partial charge in [-0.25, -0.2) is 9.69 Å². The van der Waals surface area contributed by atoms with Crippen LogP contribution < -0.4 is 19.7 Å². The highest BCUT2D eigenvalue weighted by molar-refractivity contribution is 14.1. The van der Waals surface area contributed by atoms with Crippen molar-refractivity contribution in [1.29, 1.82) is 0 Å². The number of urea groups is 1. The molecule has 4 amide bonds. The van der Waals surface area contributed by atoms with E-state index in [1.165, 1.54) is 11.6 Å². The average Bonchev–Trinajstić information content (AvgIpc) is 2.87. The lowest BCUT2D eigenvalue weighted by Crippen LogP contribution is -2.54. The van der Waals surface area contributed by atoms with Crippen LogP contribution in [0.1, 0.15) is 36.1 Å². The number of imide groups is 2. The van der Waals surface area contributed by atoms with Gasteiger partial charge in [-0.3, -0.25) is 14.9 Å². The first-order valence-electron chi connectivity index (χ1n) is 12.0. The summed E-state index contributed by atoms with van der Waals surface area (Å²) in [6, 6.07) is 17.9. The molecule has 1 fully saturated rings. The number of hydrogen-bond acceptors (Lipinski definition) is 5. The molecule has 3 aromatic rings. The highest BCUT2D eigenvalue weighted by atomic mass is 127. The third-order valence-corrected chi connectivity index (χ3v) is 6.65. The number of halogens is 1. The van der Waals surface area contributed by atoms with Crippen LogP contribution in [0.5, 0.6) is 11.5 Å². The predicted octanol–water partition coefficient (Wildman–Crippen LogP) is 5.81. The van der Waals surface area contributed by atoms with E-state index >= 15 is 0 Å². The van der Waals surface area contributed by atoms with Crippen LogP contribution >= 0.6 is 22.6 Å². The van der Waals surface area contributed by atoms with Crippen LogP contribution in [-0.2, 0) is 22.6 Å². The molecule has 0 aromatic heterocycles. The number of amides is 4. The molecule has 0 spiro atoms. The maximum absolute atomic E-state index is 13.3. The summed E-state index contributed by atoms with van der Waals surface area (Å²) >= 11 is 2.14. The molecular weight excluding hydrogens is 583 g/mol. The molecule has 0 saturated carbocycles. The summed E-state index contributed by atoms with van der Waals surface area (Å²) in [5.41, 5.74) is 4.09. The fourth-order valence-corrected chi connectivity index (χ4v) is 4.63. The van der Waals surface area contributed by atoms with E-state index in [0.717, 1.165) is 26.0 Å². The SMILES string of the molecule is CCOc1cc(/C=C2/C(=O)NC(=O)N(c3ccc(CC)cc3)C2=O)cc(I)c1OCc1ccc(C)cc1. The summed E-state index contributed by atoms with van der Waals surface area (Å²) in [6.07, 6.45) is 2.29. The quantitative estimate of drug-likeness (QED) is 0.198. The number of barbiturate groups is 1. The molecule has 0 aliphatic carbocycles.